The van der Waals surface area contributed by atoms with Crippen LogP contribution in [-0.4, -0.2) is 127 Å². The number of aliphatic hydroxyl groups excluding tert-OH is 9. The molecule has 0 saturated carbocycles. The minimum absolute atomic E-state index is 0.250. The number of hydrogen-bond acceptors (Lipinski definition) is 12. The molecule has 0 radical (unpaired) electrons. The smallest absolute Gasteiger partial charge is 0.224 e. The first kappa shape index (κ1) is 23.6. The molecule has 0 aromatic carbocycles. The maximum Gasteiger partial charge on any atom is 0.224 e. The van der Waals surface area contributed by atoms with Crippen LogP contribution in [0.1, 0.15) is 6.92 Å². The average molecular weight is 388 g/mol. The molecule has 0 aromatic rings. The van der Waals surface area contributed by atoms with Crippen molar-refractivity contribution < 1.29 is 60.2 Å². The highest BCUT2D eigenvalue weighted by atomic mass is 16.8. The monoisotopic (exact) mass is 388 g/mol. The van der Waals surface area contributed by atoms with E-state index in [9.17, 15) is 30.6 Å². The largest absolute Gasteiger partial charge is 0.397 e. The molecule has 2 aliphatic rings. The van der Waals surface area contributed by atoms with E-state index in [1.165, 1.54) is 0 Å². The quantitative estimate of drug-likeness (QED) is 0.216. The third-order valence-corrected chi connectivity index (χ3v) is 4.07. The molecule has 2 fully saturated rings. The third kappa shape index (κ3) is 4.67. The summed E-state index contributed by atoms with van der Waals surface area (Å²) in [5.74, 6) is -2.22. The molecule has 9 N–H and O–H groups in total. The first-order chi connectivity index (χ1) is 12.2. The Morgan fingerprint density at radius 1 is 0.808 bits per heavy atom. The van der Waals surface area contributed by atoms with Crippen molar-refractivity contribution in [3.05, 3.63) is 0 Å². The Bertz CT molecular complexity index is 409. The van der Waals surface area contributed by atoms with Crippen LogP contribution >= 0.6 is 0 Å². The predicted octanol–water partition coefficient (Wildman–Crippen LogP) is -5.40. The second-order valence-electron chi connectivity index (χ2n) is 5.88. The van der Waals surface area contributed by atoms with Crippen molar-refractivity contribution in [2.45, 2.75) is 61.7 Å². The van der Waals surface area contributed by atoms with Crippen molar-refractivity contribution >= 4 is 0 Å². The van der Waals surface area contributed by atoms with Gasteiger partial charge in [0.05, 0.1) is 13.2 Å². The summed E-state index contributed by atoms with van der Waals surface area (Å²) in [5, 5.41) is 84.2. The molecule has 2 rings (SSSR count). The zero-order chi connectivity index (χ0) is 20.1. The van der Waals surface area contributed by atoms with E-state index in [-0.39, 0.29) is 6.61 Å². The van der Waals surface area contributed by atoms with Crippen molar-refractivity contribution in [3.63, 3.8) is 0 Å². The van der Waals surface area contributed by atoms with Gasteiger partial charge in [-0.1, -0.05) is 0 Å². The molecular formula is C14H28O12. The van der Waals surface area contributed by atoms with E-state index in [0.717, 1.165) is 0 Å². The van der Waals surface area contributed by atoms with E-state index >= 15 is 0 Å². The lowest BCUT2D eigenvalue weighted by atomic mass is 9.99. The summed E-state index contributed by atoms with van der Waals surface area (Å²) < 4.78 is 15.4. The highest BCUT2D eigenvalue weighted by Crippen LogP contribution is 2.35. The Balaban J connectivity index is 0.00000105. The van der Waals surface area contributed by atoms with Crippen LogP contribution in [0.3, 0.4) is 0 Å². The van der Waals surface area contributed by atoms with Crippen molar-refractivity contribution in [3.8, 4) is 0 Å². The highest BCUT2D eigenvalue weighted by Gasteiger charge is 2.58. The number of aliphatic hydroxyl groups is 9. The molecule has 0 aliphatic carbocycles. The highest BCUT2D eigenvalue weighted by molar-refractivity contribution is 4.98. The van der Waals surface area contributed by atoms with Gasteiger partial charge in [-0.25, -0.2) is 0 Å². The molecule has 0 unspecified atom stereocenters. The van der Waals surface area contributed by atoms with Gasteiger partial charge in [-0.15, -0.1) is 0 Å². The number of ether oxygens (including phenoxy) is 3. The molecule has 0 amide bonds. The van der Waals surface area contributed by atoms with E-state index in [1.807, 2.05) is 0 Å². The Hall–Kier alpha value is -0.480. The molecule has 156 valence electrons. The van der Waals surface area contributed by atoms with Crippen molar-refractivity contribution in [2.75, 3.05) is 26.4 Å². The molecule has 2 saturated heterocycles. The predicted molar refractivity (Wildman–Crippen MR) is 81.4 cm³/mol. The van der Waals surface area contributed by atoms with Crippen LogP contribution in [0, 0.1) is 0 Å². The second-order valence-corrected chi connectivity index (χ2v) is 5.88. The summed E-state index contributed by atoms with van der Waals surface area (Å²) in [7, 11) is 0. The number of rotatable bonds is 5. The minimum atomic E-state index is -2.22. The fraction of sp³-hybridized carbons (Fsp3) is 1.00. The van der Waals surface area contributed by atoms with Gasteiger partial charge in [0.2, 0.25) is 5.79 Å². The van der Waals surface area contributed by atoms with E-state index < -0.39 is 74.6 Å². The maximum absolute atomic E-state index is 10.00. The zero-order valence-corrected chi connectivity index (χ0v) is 14.2. The molecule has 12 heteroatoms. The van der Waals surface area contributed by atoms with Gasteiger partial charge in [-0.2, -0.15) is 0 Å². The fourth-order valence-electron chi connectivity index (χ4n) is 2.63. The SMILES string of the molecule is CCO.OC[C@H]1O[C@@](CO)(O[C@H]2O[C@H](CO)[C@@H](O)[C@H](O)[C@H]2O)[C@@H](O)[C@@H]1O. The molecule has 26 heavy (non-hydrogen) atoms. The Morgan fingerprint density at radius 3 is 1.77 bits per heavy atom. The molecule has 2 aliphatic heterocycles. The third-order valence-electron chi connectivity index (χ3n) is 4.07. The summed E-state index contributed by atoms with van der Waals surface area (Å²) in [6, 6.07) is 0. The van der Waals surface area contributed by atoms with Gasteiger partial charge in [0.15, 0.2) is 6.29 Å². The summed E-state index contributed by atoms with van der Waals surface area (Å²) in [6.07, 6.45) is -12.7. The van der Waals surface area contributed by atoms with Gasteiger partial charge in [-0.3, -0.25) is 0 Å². The number of hydrogen-bond donors (Lipinski definition) is 9. The standard InChI is InChI=1S/C12H22O11.C2H6O/c13-1-4-6(16)8(18)9(19)11(21-4)23-12(3-15)10(20)7(17)5(2-14)22-12;1-2-3/h4-11,13-20H,1-3H2;3H,2H2,1H3/t4-,5-,6-,7-,8+,9-,10+,11-,12+;/m1./s1. The molecule has 12 nitrogen and oxygen atoms in total. The first-order valence-corrected chi connectivity index (χ1v) is 8.07. The van der Waals surface area contributed by atoms with Gasteiger partial charge in [0.25, 0.3) is 0 Å². The minimum Gasteiger partial charge on any atom is -0.397 e. The summed E-state index contributed by atoms with van der Waals surface area (Å²) in [6.45, 7) is -0.392. The van der Waals surface area contributed by atoms with Crippen molar-refractivity contribution in [1.82, 2.24) is 0 Å². The van der Waals surface area contributed by atoms with Gasteiger partial charge >= 0.3 is 0 Å². The first-order valence-electron chi connectivity index (χ1n) is 8.07. The molecule has 0 spiro atoms. The van der Waals surface area contributed by atoms with Crippen LogP contribution < -0.4 is 0 Å². The van der Waals surface area contributed by atoms with E-state index in [4.69, 9.17) is 29.5 Å². The summed E-state index contributed by atoms with van der Waals surface area (Å²) >= 11 is 0. The van der Waals surface area contributed by atoms with Gasteiger partial charge < -0.3 is 60.2 Å². The van der Waals surface area contributed by atoms with Crippen LogP contribution in [0.5, 0.6) is 0 Å². The summed E-state index contributed by atoms with van der Waals surface area (Å²) in [4.78, 5) is 0. The zero-order valence-electron chi connectivity index (χ0n) is 14.2. The van der Waals surface area contributed by atoms with Crippen LogP contribution in [-0.2, 0) is 14.2 Å². The Kier molecular flexibility index (Phi) is 9.22. The molecule has 0 bridgehead atoms. The molecular weight excluding hydrogens is 360 g/mol. The maximum atomic E-state index is 10.00. The molecule has 0 aromatic heterocycles. The average Bonchev–Trinajstić information content (AvgIpc) is 2.88. The lowest BCUT2D eigenvalue weighted by Crippen LogP contribution is -2.62. The molecule has 9 atom stereocenters. The Morgan fingerprint density at radius 2 is 1.35 bits per heavy atom. The normalized spacial score (nSPS) is 45.9. The van der Waals surface area contributed by atoms with Gasteiger partial charge in [0.1, 0.15) is 49.3 Å². The van der Waals surface area contributed by atoms with Gasteiger partial charge in [0, 0.05) is 6.61 Å². The Labute approximate surface area is 149 Å². The fourth-order valence-corrected chi connectivity index (χ4v) is 2.63. The lowest BCUT2D eigenvalue weighted by Gasteiger charge is -2.43. The second kappa shape index (κ2) is 10.2. The van der Waals surface area contributed by atoms with E-state index in [0.29, 0.717) is 0 Å². The van der Waals surface area contributed by atoms with Crippen LogP contribution in [0.2, 0.25) is 0 Å². The van der Waals surface area contributed by atoms with Crippen molar-refractivity contribution in [1.29, 1.82) is 0 Å². The van der Waals surface area contributed by atoms with E-state index in [2.05, 4.69) is 0 Å². The van der Waals surface area contributed by atoms with Crippen molar-refractivity contribution in [2.24, 2.45) is 0 Å². The van der Waals surface area contributed by atoms with E-state index in [1.54, 1.807) is 6.92 Å². The lowest BCUT2D eigenvalue weighted by molar-refractivity contribution is -0.383. The summed E-state index contributed by atoms with van der Waals surface area (Å²) in [5.41, 5.74) is 0. The van der Waals surface area contributed by atoms with Gasteiger partial charge in [-0.05, 0) is 6.92 Å². The van der Waals surface area contributed by atoms with Crippen LogP contribution in [0.25, 0.3) is 0 Å². The topological polar surface area (TPSA) is 210 Å². The van der Waals surface area contributed by atoms with Crippen LogP contribution in [0.15, 0.2) is 0 Å². The molecule has 2 heterocycles. The van der Waals surface area contributed by atoms with Crippen LogP contribution in [0.4, 0.5) is 0 Å².